The van der Waals surface area contributed by atoms with Crippen molar-refractivity contribution in [1.82, 2.24) is 14.5 Å². The second-order valence-electron chi connectivity index (χ2n) is 7.21. The summed E-state index contributed by atoms with van der Waals surface area (Å²) in [5, 5.41) is 4.03. The van der Waals surface area contributed by atoms with E-state index in [0.29, 0.717) is 5.56 Å². The van der Waals surface area contributed by atoms with Gasteiger partial charge in [0.05, 0.1) is 6.20 Å². The van der Waals surface area contributed by atoms with E-state index in [0.717, 1.165) is 50.0 Å². The Morgan fingerprint density at radius 3 is 2.32 bits per heavy atom. The van der Waals surface area contributed by atoms with Gasteiger partial charge in [-0.15, -0.1) is 0 Å². The third-order valence-corrected chi connectivity index (χ3v) is 6.30. The molecule has 1 aliphatic heterocycles. The zero-order chi connectivity index (χ0) is 22.2. The highest BCUT2D eigenvalue weighted by atomic mass is 32.2. The molecule has 31 heavy (non-hydrogen) atoms. The van der Waals surface area contributed by atoms with E-state index >= 15 is 0 Å². The molecule has 4 rings (SSSR count). The first kappa shape index (κ1) is 21.4. The van der Waals surface area contributed by atoms with E-state index in [4.69, 9.17) is 0 Å². The van der Waals surface area contributed by atoms with E-state index in [1.54, 1.807) is 12.3 Å². The number of piperazine rings is 1. The summed E-state index contributed by atoms with van der Waals surface area (Å²) in [6.07, 6.45) is 2.79. The Kier molecular flexibility index (Phi) is 5.56. The molecule has 0 atom stereocenters. The molecule has 3 heterocycles. The topological polar surface area (TPSA) is 67.2 Å². The molecule has 1 saturated heterocycles. The number of benzene rings is 1. The van der Waals surface area contributed by atoms with Gasteiger partial charge >= 0.3 is 15.6 Å². The fourth-order valence-electron chi connectivity index (χ4n) is 3.57. The van der Waals surface area contributed by atoms with Crippen LogP contribution < -0.4 is 9.08 Å². The van der Waals surface area contributed by atoms with Crippen molar-refractivity contribution in [3.05, 3.63) is 48.8 Å². The zero-order valence-corrected chi connectivity index (χ0v) is 17.5. The number of likely N-dealkylation sites (N-methyl/N-ethyl adjacent to an activating group) is 1. The van der Waals surface area contributed by atoms with Crippen LogP contribution in [0.25, 0.3) is 16.6 Å². The van der Waals surface area contributed by atoms with Gasteiger partial charge in [-0.2, -0.15) is 26.7 Å². The monoisotopic (exact) mass is 454 g/mol. The smallest absolute Gasteiger partial charge is 0.374 e. The van der Waals surface area contributed by atoms with Gasteiger partial charge in [-0.1, -0.05) is 19.1 Å². The van der Waals surface area contributed by atoms with Crippen molar-refractivity contribution < 1.29 is 25.8 Å². The first-order valence-corrected chi connectivity index (χ1v) is 11.1. The minimum Gasteiger partial charge on any atom is -0.374 e. The van der Waals surface area contributed by atoms with E-state index in [9.17, 15) is 21.6 Å². The molecular weight excluding hydrogens is 433 g/mol. The Morgan fingerprint density at radius 1 is 1.03 bits per heavy atom. The SMILES string of the molecule is CCN1CCN(c2ccc(-c3cc4c(OS(=O)(=O)C(F)(F)F)ccnn4c3)cc2)CC1. The van der Waals surface area contributed by atoms with Gasteiger partial charge in [-0.25, -0.2) is 4.52 Å². The van der Waals surface area contributed by atoms with Crippen LogP contribution in [0, 0.1) is 0 Å². The van der Waals surface area contributed by atoms with Crippen molar-refractivity contribution in [1.29, 1.82) is 0 Å². The van der Waals surface area contributed by atoms with Crippen LogP contribution in [0.1, 0.15) is 6.92 Å². The molecule has 0 unspecified atom stereocenters. The molecule has 0 N–H and O–H groups in total. The lowest BCUT2D eigenvalue weighted by Crippen LogP contribution is -2.46. The van der Waals surface area contributed by atoms with Gasteiger partial charge in [-0.05, 0) is 30.3 Å². The van der Waals surface area contributed by atoms with Crippen molar-refractivity contribution in [2.45, 2.75) is 12.4 Å². The fourth-order valence-corrected chi connectivity index (χ4v) is 4.04. The van der Waals surface area contributed by atoms with Gasteiger partial charge < -0.3 is 14.0 Å². The predicted molar refractivity (Wildman–Crippen MR) is 111 cm³/mol. The Bertz CT molecular complexity index is 1170. The highest BCUT2D eigenvalue weighted by Gasteiger charge is 2.48. The molecule has 1 aromatic carbocycles. The molecule has 0 amide bonds. The summed E-state index contributed by atoms with van der Waals surface area (Å²) in [4.78, 5) is 4.70. The second-order valence-corrected chi connectivity index (χ2v) is 8.74. The lowest BCUT2D eigenvalue weighted by atomic mass is 10.1. The van der Waals surface area contributed by atoms with Crippen molar-refractivity contribution in [3.8, 4) is 16.9 Å². The Hall–Kier alpha value is -2.79. The maximum absolute atomic E-state index is 12.7. The summed E-state index contributed by atoms with van der Waals surface area (Å²) in [6.45, 7) is 7.11. The summed E-state index contributed by atoms with van der Waals surface area (Å²) >= 11 is 0. The second kappa shape index (κ2) is 8.04. The van der Waals surface area contributed by atoms with E-state index in [1.807, 2.05) is 24.3 Å². The van der Waals surface area contributed by atoms with Gasteiger partial charge in [0.25, 0.3) is 0 Å². The number of halogens is 3. The van der Waals surface area contributed by atoms with Gasteiger partial charge in [0.15, 0.2) is 5.75 Å². The molecule has 0 saturated carbocycles. The molecule has 1 fully saturated rings. The average Bonchev–Trinajstić information content (AvgIpc) is 3.18. The van der Waals surface area contributed by atoms with Crippen LogP contribution in [-0.4, -0.2) is 61.2 Å². The lowest BCUT2D eigenvalue weighted by Gasteiger charge is -2.35. The number of alkyl halides is 3. The molecule has 166 valence electrons. The number of hydrogen-bond acceptors (Lipinski definition) is 6. The van der Waals surface area contributed by atoms with E-state index in [2.05, 4.69) is 26.0 Å². The number of nitrogens with zero attached hydrogens (tertiary/aromatic N) is 4. The first-order chi connectivity index (χ1) is 14.7. The molecule has 0 bridgehead atoms. The molecule has 11 heteroatoms. The maximum Gasteiger partial charge on any atom is 0.534 e. The van der Waals surface area contributed by atoms with Crippen molar-refractivity contribution in [3.63, 3.8) is 0 Å². The Labute approximate surface area is 177 Å². The zero-order valence-electron chi connectivity index (χ0n) is 16.7. The van der Waals surface area contributed by atoms with Gasteiger partial charge in [0.1, 0.15) is 5.52 Å². The van der Waals surface area contributed by atoms with Crippen LogP contribution in [0.15, 0.2) is 48.8 Å². The third kappa shape index (κ3) is 4.33. The summed E-state index contributed by atoms with van der Waals surface area (Å²) < 4.78 is 66.4. The third-order valence-electron chi connectivity index (χ3n) is 5.34. The normalized spacial score (nSPS) is 16.1. The van der Waals surface area contributed by atoms with E-state index in [-0.39, 0.29) is 5.52 Å². The van der Waals surface area contributed by atoms with Crippen LogP contribution >= 0.6 is 0 Å². The van der Waals surface area contributed by atoms with Crippen LogP contribution in [0.3, 0.4) is 0 Å². The fraction of sp³-hybridized carbons (Fsp3) is 0.350. The Morgan fingerprint density at radius 2 is 1.71 bits per heavy atom. The highest BCUT2D eigenvalue weighted by Crippen LogP contribution is 2.32. The molecule has 0 radical (unpaired) electrons. The van der Waals surface area contributed by atoms with Gasteiger partial charge in [-0.3, -0.25) is 0 Å². The van der Waals surface area contributed by atoms with Crippen LogP contribution in [0.5, 0.6) is 5.75 Å². The molecule has 0 spiro atoms. The average molecular weight is 454 g/mol. The predicted octanol–water partition coefficient (Wildman–Crippen LogP) is 3.37. The number of anilines is 1. The summed E-state index contributed by atoms with van der Waals surface area (Å²) in [5.74, 6) is -0.441. The van der Waals surface area contributed by atoms with Crippen LogP contribution in [-0.2, 0) is 10.1 Å². The number of aromatic nitrogens is 2. The molecule has 2 aromatic heterocycles. The van der Waals surface area contributed by atoms with Crippen molar-refractivity contribution in [2.24, 2.45) is 0 Å². The summed E-state index contributed by atoms with van der Waals surface area (Å²) in [7, 11) is -5.77. The molecule has 3 aromatic rings. The minimum absolute atomic E-state index is 0.116. The van der Waals surface area contributed by atoms with Gasteiger partial charge in [0.2, 0.25) is 0 Å². The highest BCUT2D eigenvalue weighted by molar-refractivity contribution is 7.88. The molecule has 7 nitrogen and oxygen atoms in total. The quantitative estimate of drug-likeness (QED) is 0.435. The largest absolute Gasteiger partial charge is 0.534 e. The minimum atomic E-state index is -5.77. The number of rotatable bonds is 5. The van der Waals surface area contributed by atoms with E-state index in [1.165, 1.54) is 10.7 Å². The number of fused-ring (bicyclic) bond motifs is 1. The summed E-state index contributed by atoms with van der Waals surface area (Å²) in [5.41, 5.74) is -2.80. The maximum atomic E-state index is 12.7. The van der Waals surface area contributed by atoms with Crippen molar-refractivity contribution >= 4 is 21.3 Å². The Balaban J connectivity index is 1.58. The first-order valence-electron chi connectivity index (χ1n) is 9.74. The molecule has 0 aliphatic carbocycles. The molecule has 1 aliphatic rings. The van der Waals surface area contributed by atoms with Crippen LogP contribution in [0.2, 0.25) is 0 Å². The molecular formula is C20H21F3N4O3S. The lowest BCUT2D eigenvalue weighted by molar-refractivity contribution is -0.0499. The van der Waals surface area contributed by atoms with Crippen molar-refractivity contribution in [2.75, 3.05) is 37.6 Å². The number of hydrogen-bond donors (Lipinski definition) is 0. The summed E-state index contributed by atoms with van der Waals surface area (Å²) in [6, 6.07) is 10.5. The van der Waals surface area contributed by atoms with Crippen LogP contribution in [0.4, 0.5) is 18.9 Å². The van der Waals surface area contributed by atoms with Gasteiger partial charge in [0, 0.05) is 49.7 Å². The standard InChI is InChI=1S/C20H21F3N4O3S/c1-2-25-9-11-26(12-10-25)17-5-3-15(4-6-17)16-13-18-19(7-8-24-27(18)14-16)30-31(28,29)20(21,22)23/h3-8,13-14H,2,9-12H2,1H3. The van der Waals surface area contributed by atoms with E-state index < -0.39 is 21.4 Å².